The molecule has 0 N–H and O–H groups in total. The summed E-state index contributed by atoms with van der Waals surface area (Å²) in [7, 11) is 0. The van der Waals surface area contributed by atoms with E-state index in [0.29, 0.717) is 21.4 Å². The lowest BCUT2D eigenvalue weighted by Crippen LogP contribution is -2.15. The molecule has 1 atom stereocenters. The highest BCUT2D eigenvalue weighted by molar-refractivity contribution is 9.10. The van der Waals surface area contributed by atoms with E-state index >= 15 is 0 Å². The first kappa shape index (κ1) is 11.7. The number of nitriles is 1. The minimum absolute atomic E-state index is 0.375. The number of nitrogens with zero attached hydrogens (tertiary/aromatic N) is 1. The maximum absolute atomic E-state index is 11.1. The molecule has 0 radical (unpaired) electrons. The van der Waals surface area contributed by atoms with Crippen LogP contribution in [-0.4, -0.2) is 12.3 Å². The summed E-state index contributed by atoms with van der Waals surface area (Å²) in [6, 6.07) is 6.94. The third-order valence-electron chi connectivity index (χ3n) is 2.24. The molecule has 17 heavy (non-hydrogen) atoms. The summed E-state index contributed by atoms with van der Waals surface area (Å²) in [5, 5.41) is 8.72. The number of ether oxygens (including phenoxy) is 2. The van der Waals surface area contributed by atoms with E-state index in [1.807, 2.05) is 6.07 Å². The van der Waals surface area contributed by atoms with Gasteiger partial charge in [-0.15, -0.1) is 0 Å². The van der Waals surface area contributed by atoms with Crippen LogP contribution in [0.15, 0.2) is 34.3 Å². The third kappa shape index (κ3) is 2.48. The van der Waals surface area contributed by atoms with Gasteiger partial charge in [-0.1, -0.05) is 0 Å². The molecule has 2 rings (SSSR count). The summed E-state index contributed by atoms with van der Waals surface area (Å²) in [5.41, 5.74) is 1.05. The van der Waals surface area contributed by atoms with Crippen LogP contribution >= 0.6 is 15.9 Å². The molecule has 1 heterocycles. The fourth-order valence-corrected chi connectivity index (χ4v) is 1.83. The van der Waals surface area contributed by atoms with Crippen LogP contribution in [0.25, 0.3) is 0 Å². The molecular formula is C12H8BrNO3. The summed E-state index contributed by atoms with van der Waals surface area (Å²) in [4.78, 5) is 11.1. The quantitative estimate of drug-likeness (QED) is 0.786. The second-order valence-electron chi connectivity index (χ2n) is 3.50. The number of rotatable bonds is 2. The number of carbonyl (C=O) groups excluding carboxylic acids is 1. The van der Waals surface area contributed by atoms with Crippen molar-refractivity contribution in [3.8, 4) is 11.8 Å². The third-order valence-corrected chi connectivity index (χ3v) is 2.86. The van der Waals surface area contributed by atoms with Gasteiger partial charge in [0.05, 0.1) is 16.1 Å². The lowest BCUT2D eigenvalue weighted by Gasteiger charge is -2.12. The van der Waals surface area contributed by atoms with Gasteiger partial charge < -0.3 is 9.47 Å². The molecule has 5 heteroatoms. The van der Waals surface area contributed by atoms with Gasteiger partial charge in [0.15, 0.2) is 0 Å². The van der Waals surface area contributed by atoms with Crippen molar-refractivity contribution in [1.82, 2.24) is 0 Å². The molecule has 0 aliphatic carbocycles. The van der Waals surface area contributed by atoms with Crippen LogP contribution < -0.4 is 4.74 Å². The summed E-state index contributed by atoms with van der Waals surface area (Å²) in [6.45, 7) is 1.67. The molecule has 1 aromatic rings. The van der Waals surface area contributed by atoms with Crippen LogP contribution in [0.1, 0.15) is 12.5 Å². The number of cyclic esters (lactones) is 1. The highest BCUT2D eigenvalue weighted by Crippen LogP contribution is 2.28. The van der Waals surface area contributed by atoms with E-state index in [1.54, 1.807) is 31.2 Å². The number of hydrogen-bond donors (Lipinski definition) is 0. The molecule has 1 aromatic carbocycles. The zero-order valence-electron chi connectivity index (χ0n) is 8.94. The predicted molar refractivity (Wildman–Crippen MR) is 63.1 cm³/mol. The monoisotopic (exact) mass is 293 g/mol. The number of halogens is 1. The van der Waals surface area contributed by atoms with E-state index in [9.17, 15) is 4.79 Å². The normalized spacial score (nSPS) is 18.3. The van der Waals surface area contributed by atoms with Crippen LogP contribution in [-0.2, 0) is 9.53 Å². The molecule has 86 valence electrons. The second kappa shape index (κ2) is 4.60. The maximum atomic E-state index is 11.1. The molecule has 0 saturated carbocycles. The van der Waals surface area contributed by atoms with Crippen molar-refractivity contribution in [1.29, 1.82) is 5.26 Å². The van der Waals surface area contributed by atoms with Gasteiger partial charge in [-0.3, -0.25) is 0 Å². The van der Waals surface area contributed by atoms with Crippen molar-refractivity contribution < 1.29 is 14.3 Å². The van der Waals surface area contributed by atoms with E-state index in [4.69, 9.17) is 14.7 Å². The number of benzene rings is 1. The number of esters is 1. The van der Waals surface area contributed by atoms with E-state index in [0.717, 1.165) is 0 Å². The van der Waals surface area contributed by atoms with Crippen LogP contribution in [0.5, 0.6) is 5.75 Å². The first-order chi connectivity index (χ1) is 8.10. The number of hydrogen-bond acceptors (Lipinski definition) is 4. The topological polar surface area (TPSA) is 59.3 Å². The van der Waals surface area contributed by atoms with Gasteiger partial charge in [0.2, 0.25) is 0 Å². The Kier molecular flexibility index (Phi) is 3.16. The molecule has 1 unspecified atom stereocenters. The molecule has 4 nitrogen and oxygen atoms in total. The second-order valence-corrected chi connectivity index (χ2v) is 4.35. The molecule has 0 aromatic heterocycles. The Morgan fingerprint density at radius 1 is 1.53 bits per heavy atom. The average Bonchev–Trinajstić information content (AvgIpc) is 2.61. The first-order valence-electron chi connectivity index (χ1n) is 4.86. The molecule has 0 fully saturated rings. The van der Waals surface area contributed by atoms with Gasteiger partial charge in [-0.2, -0.15) is 5.26 Å². The highest BCUT2D eigenvalue weighted by Gasteiger charge is 2.24. The minimum atomic E-state index is -0.702. The fourth-order valence-electron chi connectivity index (χ4n) is 1.35. The zero-order valence-corrected chi connectivity index (χ0v) is 10.5. The smallest absolute Gasteiger partial charge is 0.336 e. The lowest BCUT2D eigenvalue weighted by molar-refractivity contribution is -0.148. The lowest BCUT2D eigenvalue weighted by atomic mass is 10.2. The SMILES string of the molecule is CC1=CC(Oc2ccc(C#N)cc2Br)OC1=O. The molecular weight excluding hydrogens is 286 g/mol. The van der Waals surface area contributed by atoms with Gasteiger partial charge >= 0.3 is 5.97 Å². The highest BCUT2D eigenvalue weighted by atomic mass is 79.9. The molecule has 0 amide bonds. The Morgan fingerprint density at radius 3 is 2.82 bits per heavy atom. The summed E-state index contributed by atoms with van der Waals surface area (Å²) in [5.74, 6) is 0.146. The predicted octanol–water partition coefficient (Wildman–Crippen LogP) is 2.53. The largest absolute Gasteiger partial charge is 0.450 e. The number of carbonyl (C=O) groups is 1. The van der Waals surface area contributed by atoms with Gasteiger partial charge in [0.25, 0.3) is 6.29 Å². The summed E-state index contributed by atoms with van der Waals surface area (Å²) >= 11 is 3.29. The Labute approximate surface area is 107 Å². The van der Waals surface area contributed by atoms with Crippen LogP contribution in [0.4, 0.5) is 0 Å². The molecule has 0 spiro atoms. The molecule has 0 bridgehead atoms. The van der Waals surface area contributed by atoms with Crippen molar-refractivity contribution in [2.75, 3.05) is 0 Å². The fraction of sp³-hybridized carbons (Fsp3) is 0.167. The van der Waals surface area contributed by atoms with Gasteiger partial charge in [0.1, 0.15) is 5.75 Å². The van der Waals surface area contributed by atoms with Crippen molar-refractivity contribution in [3.05, 3.63) is 39.9 Å². The summed E-state index contributed by atoms with van der Waals surface area (Å²) < 4.78 is 11.1. The maximum Gasteiger partial charge on any atom is 0.336 e. The van der Waals surface area contributed by atoms with E-state index < -0.39 is 6.29 Å². The summed E-state index contributed by atoms with van der Waals surface area (Å²) in [6.07, 6.45) is 0.902. The van der Waals surface area contributed by atoms with E-state index in [-0.39, 0.29) is 5.97 Å². The Balaban J connectivity index is 2.16. The van der Waals surface area contributed by atoms with Crippen LogP contribution in [0, 0.1) is 11.3 Å². The van der Waals surface area contributed by atoms with Crippen LogP contribution in [0.3, 0.4) is 0 Å². The molecule has 1 aliphatic heterocycles. The van der Waals surface area contributed by atoms with Gasteiger partial charge in [-0.25, -0.2) is 4.79 Å². The van der Waals surface area contributed by atoms with Crippen molar-refractivity contribution in [2.24, 2.45) is 0 Å². The van der Waals surface area contributed by atoms with Crippen molar-refractivity contribution in [3.63, 3.8) is 0 Å². The Hall–Kier alpha value is -1.80. The minimum Gasteiger partial charge on any atom is -0.450 e. The molecule has 1 aliphatic rings. The van der Waals surface area contributed by atoms with Gasteiger partial charge in [0, 0.05) is 11.6 Å². The first-order valence-corrected chi connectivity index (χ1v) is 5.65. The molecule has 0 saturated heterocycles. The van der Waals surface area contributed by atoms with Crippen molar-refractivity contribution in [2.45, 2.75) is 13.2 Å². The van der Waals surface area contributed by atoms with Gasteiger partial charge in [-0.05, 0) is 41.1 Å². The van der Waals surface area contributed by atoms with Crippen molar-refractivity contribution >= 4 is 21.9 Å². The van der Waals surface area contributed by atoms with E-state index in [1.165, 1.54) is 0 Å². The Morgan fingerprint density at radius 2 is 2.29 bits per heavy atom. The standard InChI is InChI=1S/C12H8BrNO3/c1-7-4-11(17-12(7)15)16-10-3-2-8(6-14)5-9(10)13/h2-5,11H,1H3. The average molecular weight is 294 g/mol. The zero-order chi connectivity index (χ0) is 12.4. The van der Waals surface area contributed by atoms with E-state index in [2.05, 4.69) is 15.9 Å². The Bertz CT molecular complexity index is 545. The van der Waals surface area contributed by atoms with Crippen LogP contribution in [0.2, 0.25) is 0 Å².